The summed E-state index contributed by atoms with van der Waals surface area (Å²) in [6, 6.07) is 3.29. The quantitative estimate of drug-likeness (QED) is 0.381. The fourth-order valence-electron chi connectivity index (χ4n) is 1.36. The van der Waals surface area contributed by atoms with E-state index >= 15 is 0 Å². The summed E-state index contributed by atoms with van der Waals surface area (Å²) in [5.41, 5.74) is 0.861. The van der Waals surface area contributed by atoms with Crippen molar-refractivity contribution in [2.75, 3.05) is 20.8 Å². The molecule has 0 saturated heterocycles. The minimum Gasteiger partial charge on any atom is -0.509 e. The van der Waals surface area contributed by atoms with Crippen molar-refractivity contribution in [3.63, 3.8) is 0 Å². The molecule has 17 heavy (non-hydrogen) atoms. The molecule has 0 N–H and O–H groups in total. The Bertz CT molecular complexity index is 390. The van der Waals surface area contributed by atoms with Crippen LogP contribution in [0.4, 0.5) is 0 Å². The average molecular weight is 230 g/mol. The molecule has 0 heterocycles. The van der Waals surface area contributed by atoms with Gasteiger partial charge in [0.2, 0.25) is 0 Å². The fourth-order valence-corrected chi connectivity index (χ4v) is 1.36. The largest absolute Gasteiger partial charge is 1.00 e. The van der Waals surface area contributed by atoms with Crippen LogP contribution in [0.5, 0.6) is 11.5 Å². The van der Waals surface area contributed by atoms with E-state index in [-0.39, 0.29) is 18.9 Å². The van der Waals surface area contributed by atoms with Gasteiger partial charge < -0.3 is 14.2 Å². The molecule has 0 atom stereocenters. The number of carbonyl (C=O) groups excluding carboxylic acids is 1. The van der Waals surface area contributed by atoms with E-state index in [0.717, 1.165) is 0 Å². The first-order valence-corrected chi connectivity index (χ1v) is 4.89. The molecule has 4 nitrogen and oxygen atoms in total. The van der Waals surface area contributed by atoms with E-state index in [4.69, 9.17) is 14.2 Å². The summed E-state index contributed by atoms with van der Waals surface area (Å²) in [5, 5.41) is 0. The van der Waals surface area contributed by atoms with Crippen molar-refractivity contribution in [3.8, 4) is 11.5 Å². The molecule has 88 valence electrons. The van der Waals surface area contributed by atoms with Crippen LogP contribution in [0.1, 0.15) is 22.8 Å². The van der Waals surface area contributed by atoms with Crippen LogP contribution in [-0.4, -0.2) is 26.8 Å². The van der Waals surface area contributed by atoms with E-state index in [1.165, 1.54) is 14.2 Å². The standard InChI is InChI=1S/C12H15O4.Li/c1-5-16-12(13)11-8(2)6-9(14-3)7-10(11)15-4;/h6-7H,2,5H2,1,3-4H3;/q-1;+1. The van der Waals surface area contributed by atoms with Crippen molar-refractivity contribution < 1.29 is 37.9 Å². The zero-order chi connectivity index (χ0) is 12.1. The van der Waals surface area contributed by atoms with Gasteiger partial charge in [0, 0.05) is 0 Å². The Labute approximate surface area is 113 Å². The van der Waals surface area contributed by atoms with Gasteiger partial charge in [0.1, 0.15) is 0 Å². The molecule has 1 aromatic carbocycles. The summed E-state index contributed by atoms with van der Waals surface area (Å²) >= 11 is 0. The molecule has 0 unspecified atom stereocenters. The van der Waals surface area contributed by atoms with Gasteiger partial charge in [0.15, 0.2) is 0 Å². The average Bonchev–Trinajstić information content (AvgIpc) is 2.27. The Morgan fingerprint density at radius 2 is 1.94 bits per heavy atom. The van der Waals surface area contributed by atoms with Gasteiger partial charge in [-0.15, -0.1) is 6.07 Å². The van der Waals surface area contributed by atoms with Gasteiger partial charge in [-0.1, -0.05) is 0 Å². The molecule has 0 aromatic heterocycles. The Kier molecular flexibility index (Phi) is 6.63. The number of methoxy groups -OCH3 is 2. The third-order valence-corrected chi connectivity index (χ3v) is 2.09. The number of benzene rings is 1. The second kappa shape index (κ2) is 7.16. The molecule has 0 fully saturated rings. The summed E-state index contributed by atoms with van der Waals surface area (Å²) in [5.74, 6) is 0.560. The molecular weight excluding hydrogens is 215 g/mol. The van der Waals surface area contributed by atoms with E-state index in [1.807, 2.05) is 0 Å². The summed E-state index contributed by atoms with van der Waals surface area (Å²) in [7, 11) is 3.02. The van der Waals surface area contributed by atoms with Crippen LogP contribution >= 0.6 is 0 Å². The third kappa shape index (κ3) is 3.62. The zero-order valence-corrected chi connectivity index (χ0v) is 10.7. The van der Waals surface area contributed by atoms with Crippen LogP contribution < -0.4 is 28.3 Å². The number of ether oxygens (including phenoxy) is 3. The Hall–Kier alpha value is -1.24. The first-order valence-electron chi connectivity index (χ1n) is 4.89. The maximum atomic E-state index is 11.7. The monoisotopic (exact) mass is 230 g/mol. The molecule has 0 spiro atoms. The van der Waals surface area contributed by atoms with Crippen molar-refractivity contribution in [2.45, 2.75) is 6.92 Å². The van der Waals surface area contributed by atoms with Gasteiger partial charge in [0.25, 0.3) is 5.97 Å². The molecular formula is C12H15LiO4. The SMILES string of the molecule is [CH2-]c1cc(OC)cc(OC)c1C(=O)OCC.[Li+]. The maximum absolute atomic E-state index is 11.7. The molecule has 0 aliphatic carbocycles. The first-order chi connectivity index (χ1) is 7.63. The van der Waals surface area contributed by atoms with Gasteiger partial charge in [-0.3, -0.25) is 4.79 Å². The zero-order valence-electron chi connectivity index (χ0n) is 10.7. The number of rotatable bonds is 4. The number of hydrogen-bond donors (Lipinski definition) is 0. The second-order valence-electron chi connectivity index (χ2n) is 3.08. The summed E-state index contributed by atoms with van der Waals surface area (Å²) < 4.78 is 15.1. The second-order valence-corrected chi connectivity index (χ2v) is 3.08. The minimum atomic E-state index is -0.438. The van der Waals surface area contributed by atoms with E-state index in [0.29, 0.717) is 29.2 Å². The topological polar surface area (TPSA) is 44.8 Å². The molecule has 5 heteroatoms. The van der Waals surface area contributed by atoms with Crippen LogP contribution in [-0.2, 0) is 4.74 Å². The Morgan fingerprint density at radius 1 is 1.29 bits per heavy atom. The third-order valence-electron chi connectivity index (χ3n) is 2.09. The molecule has 0 bridgehead atoms. The van der Waals surface area contributed by atoms with Crippen LogP contribution in [0.15, 0.2) is 12.1 Å². The molecule has 1 rings (SSSR count). The fraction of sp³-hybridized carbons (Fsp3) is 0.333. The first kappa shape index (κ1) is 15.8. The van der Waals surface area contributed by atoms with Crippen LogP contribution in [0.25, 0.3) is 0 Å². The minimum absolute atomic E-state index is 0. The predicted molar refractivity (Wildman–Crippen MR) is 60.0 cm³/mol. The van der Waals surface area contributed by atoms with Crippen molar-refractivity contribution in [1.29, 1.82) is 0 Å². The van der Waals surface area contributed by atoms with Gasteiger partial charge in [-0.25, -0.2) is 0 Å². The normalized spacial score (nSPS) is 9.12. The van der Waals surface area contributed by atoms with Crippen molar-refractivity contribution in [3.05, 3.63) is 30.2 Å². The van der Waals surface area contributed by atoms with Gasteiger partial charge in [-0.2, -0.15) is 12.5 Å². The number of hydrogen-bond acceptors (Lipinski definition) is 4. The van der Waals surface area contributed by atoms with Gasteiger partial charge in [-0.05, 0) is 18.6 Å². The van der Waals surface area contributed by atoms with E-state index in [2.05, 4.69) is 6.92 Å². The van der Waals surface area contributed by atoms with Gasteiger partial charge >= 0.3 is 18.9 Å². The molecule has 0 saturated carbocycles. The summed E-state index contributed by atoms with van der Waals surface area (Å²) in [6.07, 6.45) is 0. The van der Waals surface area contributed by atoms with E-state index < -0.39 is 5.97 Å². The van der Waals surface area contributed by atoms with E-state index in [9.17, 15) is 4.79 Å². The van der Waals surface area contributed by atoms with Gasteiger partial charge in [0.05, 0.1) is 32.3 Å². The summed E-state index contributed by atoms with van der Waals surface area (Å²) in [4.78, 5) is 11.7. The Balaban J connectivity index is 0.00000256. The van der Waals surface area contributed by atoms with Crippen LogP contribution in [0.2, 0.25) is 0 Å². The molecule has 0 aliphatic rings. The summed E-state index contributed by atoms with van der Waals surface area (Å²) in [6.45, 7) is 5.84. The molecule has 0 aliphatic heterocycles. The van der Waals surface area contributed by atoms with Crippen LogP contribution in [0.3, 0.4) is 0 Å². The maximum Gasteiger partial charge on any atom is 1.00 e. The smallest absolute Gasteiger partial charge is 0.509 e. The Morgan fingerprint density at radius 3 is 2.41 bits per heavy atom. The molecule has 1 aromatic rings. The molecule has 0 radical (unpaired) electrons. The number of esters is 1. The van der Waals surface area contributed by atoms with Crippen molar-refractivity contribution >= 4 is 5.97 Å². The van der Waals surface area contributed by atoms with Crippen molar-refractivity contribution in [1.82, 2.24) is 0 Å². The number of carbonyl (C=O) groups is 1. The van der Waals surface area contributed by atoms with E-state index in [1.54, 1.807) is 19.1 Å². The van der Waals surface area contributed by atoms with Crippen LogP contribution in [0, 0.1) is 6.92 Å². The van der Waals surface area contributed by atoms with Crippen molar-refractivity contribution in [2.24, 2.45) is 0 Å². The predicted octanol–water partition coefficient (Wildman–Crippen LogP) is -0.933. The molecule has 0 amide bonds.